The average Bonchev–Trinajstić information content (AvgIpc) is 3.19. The summed E-state index contributed by atoms with van der Waals surface area (Å²) in [6.07, 6.45) is 4.29. The molecule has 1 saturated carbocycles. The first-order valence-electron chi connectivity index (χ1n) is 6.60. The zero-order valence-electron chi connectivity index (χ0n) is 10.9. The van der Waals surface area contributed by atoms with Crippen molar-refractivity contribution in [2.45, 2.75) is 31.8 Å². The fourth-order valence-electron chi connectivity index (χ4n) is 1.96. The second kappa shape index (κ2) is 5.54. The summed E-state index contributed by atoms with van der Waals surface area (Å²) in [4.78, 5) is 16.0. The Balaban J connectivity index is 1.74. The molecule has 7 heteroatoms. The number of amides is 1. The first-order chi connectivity index (χ1) is 9.74. The van der Waals surface area contributed by atoms with Gasteiger partial charge in [-0.1, -0.05) is 6.07 Å². The van der Waals surface area contributed by atoms with E-state index in [1.54, 1.807) is 6.20 Å². The van der Waals surface area contributed by atoms with Crippen LogP contribution in [0.25, 0.3) is 11.5 Å². The van der Waals surface area contributed by atoms with E-state index in [2.05, 4.69) is 20.5 Å². The maximum absolute atomic E-state index is 11.7. The van der Waals surface area contributed by atoms with Crippen LogP contribution < -0.4 is 5.32 Å². The lowest BCUT2D eigenvalue weighted by Gasteiger charge is -2.06. The molecule has 0 spiro atoms. The number of aromatic nitrogens is 4. The number of nitrogens with zero attached hydrogens (tertiary/aromatic N) is 3. The third-order valence-corrected chi connectivity index (χ3v) is 3.47. The van der Waals surface area contributed by atoms with Crippen LogP contribution in [-0.2, 0) is 11.3 Å². The van der Waals surface area contributed by atoms with Crippen molar-refractivity contribution in [3.63, 3.8) is 0 Å². The van der Waals surface area contributed by atoms with Gasteiger partial charge in [-0.15, -0.1) is 0 Å². The van der Waals surface area contributed by atoms with Crippen LogP contribution in [0.3, 0.4) is 0 Å². The van der Waals surface area contributed by atoms with E-state index >= 15 is 0 Å². The highest BCUT2D eigenvalue weighted by Crippen LogP contribution is 2.19. The van der Waals surface area contributed by atoms with Crippen LogP contribution in [0.5, 0.6) is 0 Å². The molecule has 1 amide bonds. The molecule has 0 unspecified atom stereocenters. The second-order valence-electron chi connectivity index (χ2n) is 4.81. The number of pyridine rings is 1. The molecule has 3 rings (SSSR count). The zero-order valence-corrected chi connectivity index (χ0v) is 11.7. The molecule has 2 N–H and O–H groups in total. The van der Waals surface area contributed by atoms with Gasteiger partial charge in [0.05, 0.1) is 0 Å². The first-order valence-corrected chi connectivity index (χ1v) is 7.01. The monoisotopic (exact) mass is 289 g/mol. The zero-order chi connectivity index (χ0) is 13.9. The number of carbonyl (C=O) groups excluding carboxylic acids is 1. The topological polar surface area (TPSA) is 75.6 Å². The quantitative estimate of drug-likeness (QED) is 0.821. The standard InChI is InChI=1S/C13H15N5OS/c19-11(15-9-4-5-9)6-8-18-12(16-17-13(18)20)10-3-1-2-7-14-10/h1-3,7,9H,4-6,8H2,(H,15,19)(H,17,20). The summed E-state index contributed by atoms with van der Waals surface area (Å²) in [5, 5.41) is 9.91. The van der Waals surface area contributed by atoms with Gasteiger partial charge in [-0.3, -0.25) is 19.4 Å². The lowest BCUT2D eigenvalue weighted by atomic mass is 10.3. The minimum absolute atomic E-state index is 0.0579. The lowest BCUT2D eigenvalue weighted by molar-refractivity contribution is -0.121. The number of carbonyl (C=O) groups is 1. The Kier molecular flexibility index (Phi) is 3.60. The van der Waals surface area contributed by atoms with Gasteiger partial charge in [0.25, 0.3) is 0 Å². The van der Waals surface area contributed by atoms with Crippen molar-refractivity contribution in [1.82, 2.24) is 25.1 Å². The molecular weight excluding hydrogens is 274 g/mol. The van der Waals surface area contributed by atoms with Crippen molar-refractivity contribution >= 4 is 18.1 Å². The third kappa shape index (κ3) is 2.93. The average molecular weight is 289 g/mol. The minimum Gasteiger partial charge on any atom is -0.353 e. The van der Waals surface area contributed by atoms with Crippen LogP contribution in [0.1, 0.15) is 19.3 Å². The number of nitrogens with one attached hydrogen (secondary N) is 2. The third-order valence-electron chi connectivity index (χ3n) is 3.16. The summed E-state index contributed by atoms with van der Waals surface area (Å²) in [5.41, 5.74) is 0.738. The SMILES string of the molecule is O=C(CCn1c(-c2ccccn2)n[nH]c1=S)NC1CC1. The van der Waals surface area contributed by atoms with Gasteiger partial charge in [-0.2, -0.15) is 5.10 Å². The molecule has 0 aliphatic heterocycles. The molecule has 0 radical (unpaired) electrons. The van der Waals surface area contributed by atoms with Gasteiger partial charge >= 0.3 is 0 Å². The molecule has 0 aromatic carbocycles. The van der Waals surface area contributed by atoms with Gasteiger partial charge in [0.2, 0.25) is 5.91 Å². The van der Waals surface area contributed by atoms with Gasteiger partial charge in [-0.25, -0.2) is 0 Å². The number of hydrogen-bond acceptors (Lipinski definition) is 4. The Bertz CT molecular complexity index is 659. The minimum atomic E-state index is 0.0579. The van der Waals surface area contributed by atoms with E-state index in [1.807, 2.05) is 22.8 Å². The molecular formula is C13H15N5OS. The van der Waals surface area contributed by atoms with E-state index in [1.165, 1.54) is 0 Å². The molecule has 1 aliphatic carbocycles. The van der Waals surface area contributed by atoms with Crippen LogP contribution in [-0.4, -0.2) is 31.7 Å². The molecule has 0 atom stereocenters. The van der Waals surface area contributed by atoms with Crippen molar-refractivity contribution in [3.05, 3.63) is 29.2 Å². The van der Waals surface area contributed by atoms with Gasteiger partial charge in [0, 0.05) is 25.2 Å². The van der Waals surface area contributed by atoms with Crippen LogP contribution in [0.4, 0.5) is 0 Å². The van der Waals surface area contributed by atoms with Gasteiger partial charge in [-0.05, 0) is 37.2 Å². The van der Waals surface area contributed by atoms with Gasteiger partial charge in [0.1, 0.15) is 5.69 Å². The van der Waals surface area contributed by atoms with E-state index in [0.29, 0.717) is 29.6 Å². The fourth-order valence-corrected chi connectivity index (χ4v) is 2.18. The van der Waals surface area contributed by atoms with E-state index in [-0.39, 0.29) is 5.91 Å². The highest BCUT2D eigenvalue weighted by molar-refractivity contribution is 7.71. The van der Waals surface area contributed by atoms with Crippen LogP contribution in [0, 0.1) is 4.77 Å². The Hall–Kier alpha value is -2.02. The number of H-pyrrole nitrogens is 1. The van der Waals surface area contributed by atoms with E-state index in [9.17, 15) is 4.79 Å². The van der Waals surface area contributed by atoms with E-state index in [0.717, 1.165) is 18.5 Å². The normalized spacial score (nSPS) is 14.2. The van der Waals surface area contributed by atoms with E-state index < -0.39 is 0 Å². The lowest BCUT2D eigenvalue weighted by Crippen LogP contribution is -2.26. The highest BCUT2D eigenvalue weighted by Gasteiger charge is 2.23. The molecule has 20 heavy (non-hydrogen) atoms. The summed E-state index contributed by atoms with van der Waals surface area (Å²) in [6, 6.07) is 5.99. The largest absolute Gasteiger partial charge is 0.353 e. The van der Waals surface area contributed by atoms with Crippen molar-refractivity contribution < 1.29 is 4.79 Å². The van der Waals surface area contributed by atoms with Crippen LogP contribution in [0.2, 0.25) is 0 Å². The summed E-state index contributed by atoms with van der Waals surface area (Å²) in [5.74, 6) is 0.720. The molecule has 6 nitrogen and oxygen atoms in total. The Labute approximate surface area is 121 Å². The van der Waals surface area contributed by atoms with Crippen molar-refractivity contribution in [2.75, 3.05) is 0 Å². The van der Waals surface area contributed by atoms with Crippen molar-refractivity contribution in [3.8, 4) is 11.5 Å². The maximum atomic E-state index is 11.7. The number of hydrogen-bond donors (Lipinski definition) is 2. The highest BCUT2D eigenvalue weighted by atomic mass is 32.1. The maximum Gasteiger partial charge on any atom is 0.222 e. The second-order valence-corrected chi connectivity index (χ2v) is 5.20. The molecule has 2 heterocycles. The van der Waals surface area contributed by atoms with Crippen molar-refractivity contribution in [2.24, 2.45) is 0 Å². The molecule has 0 saturated heterocycles. The molecule has 104 valence electrons. The molecule has 1 aliphatic rings. The predicted octanol–water partition coefficient (Wildman–Crippen LogP) is 1.67. The number of aromatic amines is 1. The van der Waals surface area contributed by atoms with E-state index in [4.69, 9.17) is 12.2 Å². The van der Waals surface area contributed by atoms with Gasteiger partial charge in [0.15, 0.2) is 10.6 Å². The fraction of sp³-hybridized carbons (Fsp3) is 0.385. The molecule has 0 bridgehead atoms. The summed E-state index contributed by atoms with van der Waals surface area (Å²) >= 11 is 5.21. The first kappa shape index (κ1) is 13.0. The summed E-state index contributed by atoms with van der Waals surface area (Å²) in [6.45, 7) is 0.500. The van der Waals surface area contributed by atoms with Crippen molar-refractivity contribution in [1.29, 1.82) is 0 Å². The predicted molar refractivity (Wildman–Crippen MR) is 76.4 cm³/mol. The van der Waals surface area contributed by atoms with Gasteiger partial charge < -0.3 is 5.32 Å². The Morgan fingerprint density at radius 3 is 3.05 bits per heavy atom. The summed E-state index contributed by atoms with van der Waals surface area (Å²) in [7, 11) is 0. The smallest absolute Gasteiger partial charge is 0.222 e. The molecule has 2 aromatic rings. The Morgan fingerprint density at radius 1 is 1.50 bits per heavy atom. The molecule has 1 fully saturated rings. The molecule has 2 aromatic heterocycles. The number of rotatable bonds is 5. The Morgan fingerprint density at radius 2 is 2.35 bits per heavy atom. The van der Waals surface area contributed by atoms with Crippen LogP contribution in [0.15, 0.2) is 24.4 Å². The summed E-state index contributed by atoms with van der Waals surface area (Å²) < 4.78 is 2.31. The van der Waals surface area contributed by atoms with Crippen LogP contribution >= 0.6 is 12.2 Å².